The molecule has 0 aliphatic carbocycles. The van der Waals surface area contributed by atoms with Gasteiger partial charge in [0.25, 0.3) is 0 Å². The van der Waals surface area contributed by atoms with Gasteiger partial charge in [-0.05, 0) is 39.3 Å². The minimum atomic E-state index is -5.41. The molecule has 0 fully saturated rings. The Morgan fingerprint density at radius 1 is 0.792 bits per heavy atom. The molecule has 0 spiro atoms. The van der Waals surface area contributed by atoms with E-state index < -0.39 is 46.1 Å². The minimum absolute atomic E-state index is 0.794. The van der Waals surface area contributed by atoms with Crippen molar-refractivity contribution in [1.29, 1.82) is 0 Å². The van der Waals surface area contributed by atoms with Gasteiger partial charge in [-0.1, -0.05) is 0 Å². The van der Waals surface area contributed by atoms with E-state index in [1.807, 2.05) is 0 Å². The van der Waals surface area contributed by atoms with Gasteiger partial charge >= 0.3 is 29.4 Å². The normalized spacial score (nSPS) is 16.5. The molecule has 0 bridgehead atoms. The number of rotatable bonds is 9. The molecule has 0 heterocycles. The lowest BCUT2D eigenvalue weighted by atomic mass is 10.9. The lowest BCUT2D eigenvalue weighted by molar-refractivity contribution is -0.132. The zero-order valence-corrected chi connectivity index (χ0v) is 19.1. The molecule has 2 N–H and O–H groups in total. The molecular weight excluding hydrogens is 421 g/mol. The van der Waals surface area contributed by atoms with Crippen LogP contribution in [0.15, 0.2) is 0 Å². The van der Waals surface area contributed by atoms with Crippen LogP contribution in [0.1, 0.15) is 6.92 Å². The molecule has 1 unspecified atom stereocenters. The number of hydrogen-bond acceptors (Lipinski definition) is 9. The second kappa shape index (κ2) is 7.93. The number of hydrogen-bond donors (Lipinski definition) is 2. The topological polar surface area (TPSA) is 155 Å². The van der Waals surface area contributed by atoms with Crippen molar-refractivity contribution < 1.29 is 49.8 Å². The van der Waals surface area contributed by atoms with E-state index in [4.69, 9.17) is 18.2 Å². The van der Waals surface area contributed by atoms with Crippen molar-refractivity contribution in [1.82, 2.24) is 0 Å². The highest BCUT2D eigenvalue weighted by Gasteiger charge is 2.50. The molecule has 0 aromatic carbocycles. The zero-order chi connectivity index (χ0) is 19.6. The number of carbonyl (C=O) groups excluding carboxylic acids is 1. The smallest absolute Gasteiger partial charge is 0.370 e. The maximum Gasteiger partial charge on any atom is 0.550 e. The highest BCUT2D eigenvalue weighted by molar-refractivity contribution is 7.68. The van der Waals surface area contributed by atoms with Crippen molar-refractivity contribution in [3.8, 4) is 0 Å². The maximum atomic E-state index is 12.8. The molecule has 11 nitrogen and oxygen atoms in total. The monoisotopic (exact) mass is 444 g/mol. The van der Waals surface area contributed by atoms with Gasteiger partial charge < -0.3 is 22.7 Å². The highest BCUT2D eigenvalue weighted by atomic mass is 31.3. The summed E-state index contributed by atoms with van der Waals surface area (Å²) in [4.78, 5) is 28.7. The Morgan fingerprint density at radius 3 is 1.42 bits per heavy atom. The summed E-state index contributed by atoms with van der Waals surface area (Å²) in [6, 6.07) is 0. The van der Waals surface area contributed by atoms with Gasteiger partial charge in [0, 0.05) is 6.92 Å². The fourth-order valence-electron chi connectivity index (χ4n) is 1.18. The first-order chi connectivity index (χ1) is 10.2. The molecule has 0 amide bonds. The molecule has 0 saturated heterocycles. The van der Waals surface area contributed by atoms with Crippen LogP contribution in [0.4, 0.5) is 0 Å². The quantitative estimate of drug-likeness (QED) is 0.396. The standard InChI is InChI=1S/C8H23O11P3Si2/c1-8(9)15-21(13,16-20(10,11)12)17-22(14,18-23(2,3)4)19-24(5,6)7/h1-7H3,(H2,10,11,12). The van der Waals surface area contributed by atoms with Crippen LogP contribution in [0.2, 0.25) is 39.3 Å². The van der Waals surface area contributed by atoms with E-state index >= 15 is 0 Å². The molecule has 0 aromatic heterocycles. The van der Waals surface area contributed by atoms with Crippen LogP contribution >= 0.6 is 23.5 Å². The van der Waals surface area contributed by atoms with Gasteiger partial charge in [-0.25, -0.2) is 13.7 Å². The first-order valence-corrected chi connectivity index (χ1v) is 17.8. The van der Waals surface area contributed by atoms with E-state index in [0.29, 0.717) is 0 Å². The average Bonchev–Trinajstić information content (AvgIpc) is 2.00. The molecule has 144 valence electrons. The molecule has 0 aliphatic rings. The first kappa shape index (κ1) is 24.4. The molecule has 16 heteroatoms. The third kappa shape index (κ3) is 11.8. The van der Waals surface area contributed by atoms with E-state index in [2.05, 4.69) is 13.1 Å². The fourth-order valence-corrected chi connectivity index (χ4v) is 10.9. The van der Waals surface area contributed by atoms with Gasteiger partial charge in [-0.3, -0.25) is 4.79 Å². The number of phosphoric acid groups is 3. The Morgan fingerprint density at radius 2 is 1.17 bits per heavy atom. The summed E-state index contributed by atoms with van der Waals surface area (Å²) in [6.45, 7) is 10.5. The van der Waals surface area contributed by atoms with Crippen LogP contribution in [-0.4, -0.2) is 32.4 Å². The van der Waals surface area contributed by atoms with Crippen molar-refractivity contribution in [2.45, 2.75) is 46.2 Å². The second-order valence-corrected chi connectivity index (χ2v) is 20.7. The third-order valence-corrected chi connectivity index (χ3v) is 11.3. The van der Waals surface area contributed by atoms with Gasteiger partial charge in [-0.15, -0.1) is 0 Å². The summed E-state index contributed by atoms with van der Waals surface area (Å²) in [7, 11) is -20.5. The molecule has 0 saturated carbocycles. The van der Waals surface area contributed by atoms with Crippen LogP contribution in [0, 0.1) is 0 Å². The minimum Gasteiger partial charge on any atom is -0.370 e. The third-order valence-electron chi connectivity index (χ3n) is 1.42. The van der Waals surface area contributed by atoms with Gasteiger partial charge in [0.2, 0.25) is 0 Å². The van der Waals surface area contributed by atoms with Crippen molar-refractivity contribution in [2.75, 3.05) is 0 Å². The molecule has 0 aromatic rings. The Balaban J connectivity index is 5.83. The molecule has 1 atom stereocenters. The average molecular weight is 444 g/mol. The lowest BCUT2D eigenvalue weighted by Crippen LogP contribution is -2.30. The fraction of sp³-hybridized carbons (Fsp3) is 0.875. The van der Waals surface area contributed by atoms with Crippen molar-refractivity contribution in [3.05, 3.63) is 0 Å². The molecule has 0 aliphatic heterocycles. The Bertz CT molecular complexity index is 581. The lowest BCUT2D eigenvalue weighted by Gasteiger charge is -2.30. The Kier molecular flexibility index (Phi) is 8.05. The van der Waals surface area contributed by atoms with Gasteiger partial charge in [0.05, 0.1) is 0 Å². The molecule has 24 heavy (non-hydrogen) atoms. The van der Waals surface area contributed by atoms with Gasteiger partial charge in [0.15, 0.2) is 16.6 Å². The van der Waals surface area contributed by atoms with Crippen molar-refractivity contribution >= 4 is 46.1 Å². The van der Waals surface area contributed by atoms with Crippen LogP contribution < -0.4 is 0 Å². The number of carbonyl (C=O) groups is 1. The van der Waals surface area contributed by atoms with Crippen LogP contribution in [-0.2, 0) is 40.1 Å². The maximum absolute atomic E-state index is 12.8. The van der Waals surface area contributed by atoms with E-state index in [9.17, 15) is 18.5 Å². The predicted octanol–water partition coefficient (Wildman–Crippen LogP) is 3.59. The SMILES string of the molecule is CC(=O)OP(=O)(OP(=O)(O)O)OP(=O)(O[Si](C)(C)C)O[Si](C)(C)C. The molecule has 0 rings (SSSR count). The summed E-state index contributed by atoms with van der Waals surface area (Å²) in [5.74, 6) is -1.24. The summed E-state index contributed by atoms with van der Waals surface area (Å²) >= 11 is 0. The molecule has 0 radical (unpaired) electrons. The Labute approximate surface area is 142 Å². The predicted molar refractivity (Wildman–Crippen MR) is 90.1 cm³/mol. The second-order valence-electron chi connectivity index (χ2n) is 6.54. The summed E-state index contributed by atoms with van der Waals surface area (Å²) < 4.78 is 59.5. The van der Waals surface area contributed by atoms with E-state index in [1.54, 1.807) is 39.3 Å². The summed E-state index contributed by atoms with van der Waals surface area (Å²) in [5.41, 5.74) is 0. The van der Waals surface area contributed by atoms with Crippen LogP contribution in [0.5, 0.6) is 0 Å². The zero-order valence-electron chi connectivity index (χ0n) is 14.4. The van der Waals surface area contributed by atoms with Crippen LogP contribution in [0.3, 0.4) is 0 Å². The van der Waals surface area contributed by atoms with E-state index in [-0.39, 0.29) is 0 Å². The van der Waals surface area contributed by atoms with Gasteiger partial charge in [0.1, 0.15) is 0 Å². The largest absolute Gasteiger partial charge is 0.550 e. The summed E-state index contributed by atoms with van der Waals surface area (Å²) in [5, 5.41) is 0. The Hall–Kier alpha value is 0.354. The highest BCUT2D eigenvalue weighted by Crippen LogP contribution is 2.71. The molecular formula is C8H23O11P3Si2. The van der Waals surface area contributed by atoms with E-state index in [1.165, 1.54) is 0 Å². The van der Waals surface area contributed by atoms with Gasteiger partial charge in [-0.2, -0.15) is 8.62 Å². The van der Waals surface area contributed by atoms with Crippen molar-refractivity contribution in [3.63, 3.8) is 0 Å². The summed E-state index contributed by atoms with van der Waals surface area (Å²) in [6.07, 6.45) is 0. The van der Waals surface area contributed by atoms with Crippen molar-refractivity contribution in [2.24, 2.45) is 0 Å². The first-order valence-electron chi connectivity index (χ1n) is 6.54. The van der Waals surface area contributed by atoms with E-state index in [0.717, 1.165) is 6.92 Å². The van der Waals surface area contributed by atoms with Crippen LogP contribution in [0.25, 0.3) is 0 Å².